The minimum atomic E-state index is -0.314. The molecule has 110 valence electrons. The van der Waals surface area contributed by atoms with Crippen LogP contribution in [0.15, 0.2) is 12.1 Å². The van der Waals surface area contributed by atoms with E-state index in [1.54, 1.807) is 7.11 Å². The van der Waals surface area contributed by atoms with Gasteiger partial charge in [0.05, 0.1) is 12.6 Å². The lowest BCUT2D eigenvalue weighted by Crippen LogP contribution is -2.49. The number of ketones is 1. The highest BCUT2D eigenvalue weighted by Gasteiger charge is 2.43. The van der Waals surface area contributed by atoms with Crippen molar-refractivity contribution < 1.29 is 9.53 Å². The van der Waals surface area contributed by atoms with E-state index in [1.165, 1.54) is 0 Å². The molecule has 0 radical (unpaired) electrons. The van der Waals surface area contributed by atoms with Gasteiger partial charge in [-0.05, 0) is 64.0 Å². The summed E-state index contributed by atoms with van der Waals surface area (Å²) in [5.41, 5.74) is 2.56. The average Bonchev–Trinajstić information content (AvgIpc) is 2.90. The lowest BCUT2D eigenvalue weighted by molar-refractivity contribution is 0.0692. The van der Waals surface area contributed by atoms with Crippen LogP contribution in [-0.2, 0) is 0 Å². The zero-order chi connectivity index (χ0) is 14.9. The van der Waals surface area contributed by atoms with Crippen LogP contribution in [0.3, 0.4) is 0 Å². The van der Waals surface area contributed by atoms with Crippen LogP contribution in [0.2, 0.25) is 0 Å². The zero-order valence-electron chi connectivity index (χ0n) is 13.2. The molecule has 1 aromatic rings. The first kappa shape index (κ1) is 15.0. The summed E-state index contributed by atoms with van der Waals surface area (Å²) in [5.74, 6) is 1.12. The zero-order valence-corrected chi connectivity index (χ0v) is 13.2. The van der Waals surface area contributed by atoms with Crippen LogP contribution in [0.1, 0.15) is 47.2 Å². The van der Waals surface area contributed by atoms with Gasteiger partial charge < -0.3 is 4.74 Å². The molecule has 0 saturated heterocycles. The maximum absolute atomic E-state index is 13.1. The summed E-state index contributed by atoms with van der Waals surface area (Å²) in [6, 6.07) is 3.96. The van der Waals surface area contributed by atoms with Crippen molar-refractivity contribution in [3.63, 3.8) is 0 Å². The Bertz CT molecular complexity index is 514. The molecule has 1 aliphatic rings. The molecule has 0 heterocycles. The molecule has 0 aromatic heterocycles. The Labute approximate surface area is 121 Å². The standard InChI is InChI=1S/C17H25NO2/c1-12-11-15(20-5)13(2)10-14(12)16(19)17(18(3)4)8-6-7-9-17/h10-11H,6-9H2,1-5H3. The highest BCUT2D eigenvalue weighted by Crippen LogP contribution is 2.38. The molecule has 1 saturated carbocycles. The molecule has 1 fully saturated rings. The molecule has 0 atom stereocenters. The van der Waals surface area contributed by atoms with Crippen LogP contribution in [-0.4, -0.2) is 37.4 Å². The molecular weight excluding hydrogens is 250 g/mol. The molecule has 0 unspecified atom stereocenters. The van der Waals surface area contributed by atoms with Crippen LogP contribution in [0.25, 0.3) is 0 Å². The first-order valence-electron chi connectivity index (χ1n) is 7.30. The third-order valence-electron chi connectivity index (χ3n) is 4.70. The molecule has 1 aromatic carbocycles. The first-order valence-corrected chi connectivity index (χ1v) is 7.30. The maximum atomic E-state index is 13.1. The Morgan fingerprint density at radius 2 is 1.75 bits per heavy atom. The molecule has 0 spiro atoms. The number of carbonyl (C=O) groups is 1. The molecule has 2 rings (SSSR count). The fourth-order valence-corrected chi connectivity index (χ4v) is 3.34. The number of nitrogens with zero attached hydrogens (tertiary/aromatic N) is 1. The van der Waals surface area contributed by atoms with E-state index in [0.717, 1.165) is 48.1 Å². The summed E-state index contributed by atoms with van der Waals surface area (Å²) in [4.78, 5) is 15.2. The van der Waals surface area contributed by atoms with Gasteiger partial charge in [0.15, 0.2) is 5.78 Å². The predicted octanol–water partition coefficient (Wildman–Crippen LogP) is 3.37. The third kappa shape index (κ3) is 2.35. The molecule has 0 bridgehead atoms. The first-order chi connectivity index (χ1) is 9.42. The van der Waals surface area contributed by atoms with Crippen LogP contribution in [0.4, 0.5) is 0 Å². The van der Waals surface area contributed by atoms with Gasteiger partial charge in [-0.3, -0.25) is 9.69 Å². The molecule has 1 aliphatic carbocycles. The van der Waals surface area contributed by atoms with Crippen molar-refractivity contribution in [3.05, 3.63) is 28.8 Å². The van der Waals surface area contributed by atoms with Crippen molar-refractivity contribution in [2.45, 2.75) is 45.1 Å². The second kappa shape index (κ2) is 5.57. The van der Waals surface area contributed by atoms with Crippen molar-refractivity contribution in [2.75, 3.05) is 21.2 Å². The maximum Gasteiger partial charge on any atom is 0.183 e. The van der Waals surface area contributed by atoms with Gasteiger partial charge in [-0.2, -0.15) is 0 Å². The number of likely N-dealkylation sites (N-methyl/N-ethyl adjacent to an activating group) is 1. The molecule has 3 heteroatoms. The molecule has 20 heavy (non-hydrogen) atoms. The van der Waals surface area contributed by atoms with E-state index in [4.69, 9.17) is 4.74 Å². The van der Waals surface area contributed by atoms with E-state index in [-0.39, 0.29) is 11.3 Å². The Morgan fingerprint density at radius 1 is 1.15 bits per heavy atom. The Balaban J connectivity index is 2.45. The summed E-state index contributed by atoms with van der Waals surface area (Å²) in [7, 11) is 5.71. The quantitative estimate of drug-likeness (QED) is 0.789. The second-order valence-corrected chi connectivity index (χ2v) is 6.10. The Morgan fingerprint density at radius 3 is 2.25 bits per heavy atom. The summed E-state index contributed by atoms with van der Waals surface area (Å²) in [6.45, 7) is 3.99. The van der Waals surface area contributed by atoms with Crippen LogP contribution in [0, 0.1) is 13.8 Å². The molecule has 0 amide bonds. The van der Waals surface area contributed by atoms with Gasteiger partial charge in [0.2, 0.25) is 0 Å². The van der Waals surface area contributed by atoms with Gasteiger partial charge >= 0.3 is 0 Å². The fourth-order valence-electron chi connectivity index (χ4n) is 3.34. The summed E-state index contributed by atoms with van der Waals surface area (Å²) in [6.07, 6.45) is 4.20. The van der Waals surface area contributed by atoms with E-state index in [1.807, 2.05) is 40.1 Å². The Hall–Kier alpha value is -1.35. The van der Waals surface area contributed by atoms with E-state index in [0.29, 0.717) is 0 Å². The second-order valence-electron chi connectivity index (χ2n) is 6.10. The minimum Gasteiger partial charge on any atom is -0.496 e. The van der Waals surface area contributed by atoms with E-state index in [9.17, 15) is 4.79 Å². The number of ether oxygens (including phenoxy) is 1. The Kier molecular flexibility index (Phi) is 4.19. The molecule has 0 aliphatic heterocycles. The number of aryl methyl sites for hydroxylation is 2. The number of rotatable bonds is 4. The smallest absolute Gasteiger partial charge is 0.183 e. The van der Waals surface area contributed by atoms with Gasteiger partial charge in [-0.1, -0.05) is 12.8 Å². The van der Waals surface area contributed by atoms with Crippen molar-refractivity contribution in [2.24, 2.45) is 0 Å². The third-order valence-corrected chi connectivity index (χ3v) is 4.70. The highest BCUT2D eigenvalue weighted by atomic mass is 16.5. The normalized spacial score (nSPS) is 17.5. The van der Waals surface area contributed by atoms with Gasteiger partial charge in [-0.15, -0.1) is 0 Å². The van der Waals surface area contributed by atoms with Crippen molar-refractivity contribution in [1.82, 2.24) is 4.90 Å². The van der Waals surface area contributed by atoms with E-state index in [2.05, 4.69) is 4.90 Å². The van der Waals surface area contributed by atoms with Gasteiger partial charge in [0, 0.05) is 5.56 Å². The van der Waals surface area contributed by atoms with Gasteiger partial charge in [0.25, 0.3) is 0 Å². The van der Waals surface area contributed by atoms with Crippen molar-refractivity contribution in [3.8, 4) is 5.75 Å². The summed E-state index contributed by atoms with van der Waals surface area (Å²) in [5, 5.41) is 0. The van der Waals surface area contributed by atoms with E-state index >= 15 is 0 Å². The van der Waals surface area contributed by atoms with Crippen LogP contribution < -0.4 is 4.74 Å². The lowest BCUT2D eigenvalue weighted by atomic mass is 9.84. The fraction of sp³-hybridized carbons (Fsp3) is 0.588. The molecular formula is C17H25NO2. The molecule has 0 N–H and O–H groups in total. The van der Waals surface area contributed by atoms with E-state index < -0.39 is 0 Å². The predicted molar refractivity (Wildman–Crippen MR) is 81.7 cm³/mol. The summed E-state index contributed by atoms with van der Waals surface area (Å²) >= 11 is 0. The SMILES string of the molecule is COc1cc(C)c(C(=O)C2(N(C)C)CCCC2)cc1C. The van der Waals surface area contributed by atoms with Gasteiger partial charge in [0.1, 0.15) is 5.75 Å². The number of carbonyl (C=O) groups excluding carboxylic acids is 1. The number of methoxy groups -OCH3 is 1. The van der Waals surface area contributed by atoms with Gasteiger partial charge in [-0.25, -0.2) is 0 Å². The number of hydrogen-bond acceptors (Lipinski definition) is 3. The van der Waals surface area contributed by atoms with Crippen LogP contribution in [0.5, 0.6) is 5.75 Å². The van der Waals surface area contributed by atoms with Crippen molar-refractivity contribution in [1.29, 1.82) is 0 Å². The monoisotopic (exact) mass is 275 g/mol. The number of benzene rings is 1. The minimum absolute atomic E-state index is 0.267. The van der Waals surface area contributed by atoms with Crippen molar-refractivity contribution >= 4 is 5.78 Å². The number of Topliss-reactive ketones (excluding diaryl/α,β-unsaturated/α-hetero) is 1. The average molecular weight is 275 g/mol. The topological polar surface area (TPSA) is 29.5 Å². The number of hydrogen-bond donors (Lipinski definition) is 0. The summed E-state index contributed by atoms with van der Waals surface area (Å²) < 4.78 is 5.34. The lowest BCUT2D eigenvalue weighted by Gasteiger charge is -2.35. The highest BCUT2D eigenvalue weighted by molar-refractivity contribution is 6.04. The molecule has 3 nitrogen and oxygen atoms in total. The van der Waals surface area contributed by atoms with Crippen LogP contribution >= 0.6 is 0 Å². The largest absolute Gasteiger partial charge is 0.496 e.